The van der Waals surface area contributed by atoms with E-state index in [4.69, 9.17) is 0 Å². The highest BCUT2D eigenvalue weighted by Gasteiger charge is 2.42. The summed E-state index contributed by atoms with van der Waals surface area (Å²) in [6, 6.07) is 0. The Morgan fingerprint density at radius 2 is 2.18 bits per heavy atom. The highest BCUT2D eigenvalue weighted by atomic mass is 32.1. The number of rotatable bonds is 2. The summed E-state index contributed by atoms with van der Waals surface area (Å²) in [5, 5.41) is 13.9. The van der Waals surface area contributed by atoms with Gasteiger partial charge in [0.15, 0.2) is 0 Å². The van der Waals surface area contributed by atoms with Crippen LogP contribution in [0.15, 0.2) is 5.38 Å². The van der Waals surface area contributed by atoms with E-state index in [1.807, 2.05) is 6.92 Å². The molecule has 0 aromatic carbocycles. The molecule has 2 atom stereocenters. The van der Waals surface area contributed by atoms with Gasteiger partial charge in [0.2, 0.25) is 0 Å². The first kappa shape index (κ1) is 13.0. The summed E-state index contributed by atoms with van der Waals surface area (Å²) in [4.78, 5) is 4.48. The van der Waals surface area contributed by atoms with E-state index in [-0.39, 0.29) is 0 Å². The molecule has 1 aliphatic carbocycles. The molecule has 0 radical (unpaired) electrons. The van der Waals surface area contributed by atoms with Crippen molar-refractivity contribution in [2.24, 2.45) is 11.3 Å². The van der Waals surface area contributed by atoms with Crippen molar-refractivity contribution in [3.05, 3.63) is 16.1 Å². The first-order valence-corrected chi connectivity index (χ1v) is 7.32. The quantitative estimate of drug-likeness (QED) is 0.874. The molecule has 2 nitrogen and oxygen atoms in total. The molecule has 2 unspecified atom stereocenters. The van der Waals surface area contributed by atoms with Crippen molar-refractivity contribution in [1.29, 1.82) is 0 Å². The Morgan fingerprint density at radius 3 is 2.71 bits per heavy atom. The van der Waals surface area contributed by atoms with Crippen LogP contribution < -0.4 is 0 Å². The molecule has 1 aromatic rings. The number of hydrogen-bond acceptors (Lipinski definition) is 3. The molecular weight excluding hydrogens is 230 g/mol. The van der Waals surface area contributed by atoms with Crippen LogP contribution in [0.1, 0.15) is 50.7 Å². The third-order valence-corrected chi connectivity index (χ3v) is 5.10. The van der Waals surface area contributed by atoms with Crippen molar-refractivity contribution >= 4 is 11.3 Å². The Kier molecular flexibility index (Phi) is 3.34. The lowest BCUT2D eigenvalue weighted by atomic mass is 9.64. The second-order valence-electron chi connectivity index (χ2n) is 6.43. The van der Waals surface area contributed by atoms with Crippen LogP contribution in [0.5, 0.6) is 0 Å². The Balaban J connectivity index is 2.09. The third-order valence-electron chi connectivity index (χ3n) is 4.13. The Bertz CT molecular complexity index is 399. The fourth-order valence-electron chi connectivity index (χ4n) is 2.93. The molecule has 1 heterocycles. The van der Waals surface area contributed by atoms with E-state index in [0.717, 1.165) is 36.4 Å². The van der Waals surface area contributed by atoms with Crippen LogP contribution in [-0.2, 0) is 6.42 Å². The lowest BCUT2D eigenvalue weighted by Gasteiger charge is -2.45. The molecule has 0 saturated heterocycles. The van der Waals surface area contributed by atoms with Gasteiger partial charge in [0.25, 0.3) is 0 Å². The average Bonchev–Trinajstić information content (AvgIpc) is 2.59. The number of nitrogens with zero attached hydrogens (tertiary/aromatic N) is 1. The SMILES string of the molecule is Cc1csc(CC2(O)CCC(C)(C)CC2C)n1. The van der Waals surface area contributed by atoms with E-state index in [2.05, 4.69) is 31.1 Å². The van der Waals surface area contributed by atoms with E-state index in [1.165, 1.54) is 0 Å². The molecule has 1 aliphatic rings. The van der Waals surface area contributed by atoms with Crippen molar-refractivity contribution in [3.8, 4) is 0 Å². The molecule has 1 aromatic heterocycles. The maximum absolute atomic E-state index is 10.8. The molecule has 3 heteroatoms. The molecule has 0 amide bonds. The average molecular weight is 253 g/mol. The normalized spacial score (nSPS) is 32.6. The zero-order chi connectivity index (χ0) is 12.7. The molecular formula is C14H23NOS. The minimum Gasteiger partial charge on any atom is -0.389 e. The van der Waals surface area contributed by atoms with Crippen molar-refractivity contribution < 1.29 is 5.11 Å². The van der Waals surface area contributed by atoms with Crippen LogP contribution in [0, 0.1) is 18.3 Å². The van der Waals surface area contributed by atoms with Gasteiger partial charge in [-0.3, -0.25) is 0 Å². The molecule has 2 rings (SSSR count). The summed E-state index contributed by atoms with van der Waals surface area (Å²) in [6.45, 7) is 8.80. The number of aromatic nitrogens is 1. The van der Waals surface area contributed by atoms with Crippen molar-refractivity contribution in [3.63, 3.8) is 0 Å². The molecule has 1 fully saturated rings. The van der Waals surface area contributed by atoms with E-state index in [0.29, 0.717) is 11.3 Å². The zero-order valence-corrected chi connectivity index (χ0v) is 12.1. The number of aryl methyl sites for hydroxylation is 1. The van der Waals surface area contributed by atoms with Crippen molar-refractivity contribution in [2.45, 2.75) is 59.0 Å². The fraction of sp³-hybridized carbons (Fsp3) is 0.786. The van der Waals surface area contributed by atoms with Gasteiger partial charge in [0, 0.05) is 17.5 Å². The lowest BCUT2D eigenvalue weighted by molar-refractivity contribution is -0.0704. The maximum atomic E-state index is 10.8. The highest BCUT2D eigenvalue weighted by Crippen LogP contribution is 2.45. The van der Waals surface area contributed by atoms with Crippen LogP contribution in [0.3, 0.4) is 0 Å². The molecule has 0 bridgehead atoms. The summed E-state index contributed by atoms with van der Waals surface area (Å²) in [5.74, 6) is 0.357. The molecule has 17 heavy (non-hydrogen) atoms. The van der Waals surface area contributed by atoms with E-state index in [9.17, 15) is 5.11 Å². The first-order chi connectivity index (χ1) is 7.81. The van der Waals surface area contributed by atoms with Crippen LogP contribution in [0.25, 0.3) is 0 Å². The standard InChI is InChI=1S/C14H23NOS/c1-10-7-13(3,4)5-6-14(10,16)8-12-15-11(2)9-17-12/h9-10,16H,5-8H2,1-4H3. The number of aliphatic hydroxyl groups is 1. The monoisotopic (exact) mass is 253 g/mol. The lowest BCUT2D eigenvalue weighted by Crippen LogP contribution is -2.45. The van der Waals surface area contributed by atoms with E-state index in [1.54, 1.807) is 11.3 Å². The Hall–Kier alpha value is -0.410. The minimum absolute atomic E-state index is 0.357. The number of hydrogen-bond donors (Lipinski definition) is 1. The summed E-state index contributed by atoms with van der Waals surface area (Å²) in [6.07, 6.45) is 3.84. The van der Waals surface area contributed by atoms with Gasteiger partial charge in [0.05, 0.1) is 10.6 Å². The summed E-state index contributed by atoms with van der Waals surface area (Å²) in [7, 11) is 0. The van der Waals surface area contributed by atoms with Gasteiger partial charge in [-0.25, -0.2) is 4.98 Å². The summed E-state index contributed by atoms with van der Waals surface area (Å²) in [5.41, 5.74) is 0.905. The Morgan fingerprint density at radius 1 is 1.47 bits per heavy atom. The highest BCUT2D eigenvalue weighted by molar-refractivity contribution is 7.09. The van der Waals surface area contributed by atoms with Crippen LogP contribution in [0.4, 0.5) is 0 Å². The molecule has 1 saturated carbocycles. The maximum Gasteiger partial charge on any atom is 0.0956 e. The van der Waals surface area contributed by atoms with Gasteiger partial charge in [-0.05, 0) is 37.5 Å². The fourth-order valence-corrected chi connectivity index (χ4v) is 3.82. The predicted octanol–water partition coefficient (Wildman–Crippen LogP) is 3.57. The van der Waals surface area contributed by atoms with Gasteiger partial charge in [-0.15, -0.1) is 11.3 Å². The predicted molar refractivity (Wildman–Crippen MR) is 72.3 cm³/mol. The first-order valence-electron chi connectivity index (χ1n) is 6.44. The summed E-state index contributed by atoms with van der Waals surface area (Å²) >= 11 is 1.67. The second kappa shape index (κ2) is 4.36. The van der Waals surface area contributed by atoms with Gasteiger partial charge in [-0.1, -0.05) is 20.8 Å². The molecule has 0 aliphatic heterocycles. The third kappa shape index (κ3) is 2.89. The smallest absolute Gasteiger partial charge is 0.0956 e. The molecule has 1 N–H and O–H groups in total. The summed E-state index contributed by atoms with van der Waals surface area (Å²) < 4.78 is 0. The molecule has 96 valence electrons. The van der Waals surface area contributed by atoms with Crippen LogP contribution in [0.2, 0.25) is 0 Å². The second-order valence-corrected chi connectivity index (χ2v) is 7.38. The van der Waals surface area contributed by atoms with Crippen LogP contribution in [-0.4, -0.2) is 15.7 Å². The molecule has 0 spiro atoms. The topological polar surface area (TPSA) is 33.1 Å². The minimum atomic E-state index is -0.542. The van der Waals surface area contributed by atoms with Gasteiger partial charge < -0.3 is 5.11 Å². The van der Waals surface area contributed by atoms with E-state index < -0.39 is 5.60 Å². The number of thiazole rings is 1. The van der Waals surface area contributed by atoms with Gasteiger partial charge in [-0.2, -0.15) is 0 Å². The van der Waals surface area contributed by atoms with Gasteiger partial charge in [0.1, 0.15) is 0 Å². The van der Waals surface area contributed by atoms with Gasteiger partial charge >= 0.3 is 0 Å². The van der Waals surface area contributed by atoms with Crippen molar-refractivity contribution in [1.82, 2.24) is 4.98 Å². The van der Waals surface area contributed by atoms with E-state index >= 15 is 0 Å². The zero-order valence-electron chi connectivity index (χ0n) is 11.3. The van der Waals surface area contributed by atoms with Crippen LogP contribution >= 0.6 is 11.3 Å². The Labute approximate surface area is 108 Å². The van der Waals surface area contributed by atoms with Crippen molar-refractivity contribution in [2.75, 3.05) is 0 Å². The largest absolute Gasteiger partial charge is 0.389 e.